The predicted octanol–water partition coefficient (Wildman–Crippen LogP) is 8.18. The van der Waals surface area contributed by atoms with Crippen LogP contribution in [0.25, 0.3) is 0 Å². The molecule has 67 heavy (non-hydrogen) atoms. The van der Waals surface area contributed by atoms with E-state index in [0.717, 1.165) is 36.3 Å². The Morgan fingerprint density at radius 3 is 2.10 bits per heavy atom. The molecular formula is C53H85N5O8S. The molecule has 3 amide bonds. The molecule has 13 nitrogen and oxygen atoms in total. The Morgan fingerprint density at radius 1 is 0.851 bits per heavy atom. The molecule has 1 saturated heterocycles. The van der Waals surface area contributed by atoms with Crippen LogP contribution in [0.15, 0.2) is 41.9 Å². The number of ether oxygens (including phenoxy) is 2. The lowest BCUT2D eigenvalue weighted by atomic mass is 9.83. The Hall–Kier alpha value is -3.85. The molecule has 1 aromatic heterocycles. The van der Waals surface area contributed by atoms with Gasteiger partial charge in [-0.3, -0.25) is 28.8 Å². The number of unbranched alkanes of at least 4 members (excludes halogenated alkanes) is 1. The van der Waals surface area contributed by atoms with Gasteiger partial charge in [-0.25, -0.2) is 4.98 Å². The molecule has 1 fully saturated rings. The van der Waals surface area contributed by atoms with Crippen molar-refractivity contribution in [1.82, 2.24) is 19.7 Å². The van der Waals surface area contributed by atoms with E-state index in [0.29, 0.717) is 38.8 Å². The SMILES string of the molecule is CC[C@H](C)[C@@H]([C@@H](CC(=O)N1CCC[C@H]1[C@H](OC)[C@@H](C)C(=O)C[C@@H](Cc1ccccc1)c1nccs1)OC)N(C)C(=O)[C@@H](CC(=O)[C@H](C(C)C)N(C)C(=O)CCC(=O)C(C)CCCCN)C(C)C. The topological polar surface area (TPSA) is 170 Å². The van der Waals surface area contributed by atoms with Crippen molar-refractivity contribution in [1.29, 1.82) is 0 Å². The van der Waals surface area contributed by atoms with Crippen molar-refractivity contribution in [2.24, 2.45) is 41.2 Å². The zero-order valence-corrected chi connectivity index (χ0v) is 43.7. The van der Waals surface area contributed by atoms with E-state index in [1.54, 1.807) is 50.7 Å². The van der Waals surface area contributed by atoms with Crippen LogP contribution in [0.2, 0.25) is 0 Å². The normalized spacial score (nSPS) is 18.1. The maximum absolute atomic E-state index is 14.7. The molecule has 2 heterocycles. The number of Topliss-reactive ketones (excluding diaryl/α,β-unsaturated/α-hetero) is 3. The van der Waals surface area contributed by atoms with Gasteiger partial charge in [0.2, 0.25) is 17.7 Å². The Bertz CT molecular complexity index is 1840. The van der Waals surface area contributed by atoms with Crippen LogP contribution in [0.1, 0.15) is 143 Å². The number of benzene rings is 1. The van der Waals surface area contributed by atoms with Gasteiger partial charge in [-0.1, -0.05) is 98.6 Å². The van der Waals surface area contributed by atoms with E-state index in [-0.39, 0.29) is 96.4 Å². The van der Waals surface area contributed by atoms with Crippen LogP contribution in [-0.4, -0.2) is 126 Å². The molecule has 1 aliphatic heterocycles. The maximum atomic E-state index is 14.7. The number of methoxy groups -OCH3 is 2. The van der Waals surface area contributed by atoms with Crippen molar-refractivity contribution in [3.8, 4) is 0 Å². The summed E-state index contributed by atoms with van der Waals surface area (Å²) in [5.74, 6) is -2.63. The summed E-state index contributed by atoms with van der Waals surface area (Å²) in [6, 6.07) is 8.56. The van der Waals surface area contributed by atoms with Crippen LogP contribution < -0.4 is 5.73 Å². The Kier molecular flexibility index (Phi) is 24.5. The minimum Gasteiger partial charge on any atom is -0.379 e. The summed E-state index contributed by atoms with van der Waals surface area (Å²) < 4.78 is 12.2. The van der Waals surface area contributed by atoms with E-state index in [1.807, 2.05) is 83.9 Å². The van der Waals surface area contributed by atoms with Gasteiger partial charge in [0.25, 0.3) is 0 Å². The molecule has 0 aliphatic carbocycles. The molecule has 14 heteroatoms. The summed E-state index contributed by atoms with van der Waals surface area (Å²) in [5.41, 5.74) is 6.75. The zero-order chi connectivity index (χ0) is 50.0. The zero-order valence-electron chi connectivity index (χ0n) is 42.9. The molecule has 0 bridgehead atoms. The van der Waals surface area contributed by atoms with Gasteiger partial charge in [-0.05, 0) is 62.0 Å². The summed E-state index contributed by atoms with van der Waals surface area (Å²) in [6.07, 6.45) is 6.30. The summed E-state index contributed by atoms with van der Waals surface area (Å²) >= 11 is 1.56. The lowest BCUT2D eigenvalue weighted by Gasteiger charge is -2.41. The second-order valence-corrected chi connectivity index (χ2v) is 20.8. The number of likely N-dealkylation sites (tertiary alicyclic amines) is 1. The van der Waals surface area contributed by atoms with Crippen molar-refractivity contribution in [3.63, 3.8) is 0 Å². The van der Waals surface area contributed by atoms with Gasteiger partial charge in [0.15, 0.2) is 5.78 Å². The number of aromatic nitrogens is 1. The maximum Gasteiger partial charge on any atom is 0.226 e. The van der Waals surface area contributed by atoms with Gasteiger partial charge in [0.05, 0.1) is 41.8 Å². The highest BCUT2D eigenvalue weighted by Gasteiger charge is 2.44. The van der Waals surface area contributed by atoms with Crippen LogP contribution in [0.3, 0.4) is 0 Å². The number of nitrogens with zero attached hydrogens (tertiary/aromatic N) is 4. The summed E-state index contributed by atoms with van der Waals surface area (Å²) in [4.78, 5) is 93.4. The molecule has 376 valence electrons. The number of carbonyl (C=O) groups excluding carboxylic acids is 6. The lowest BCUT2D eigenvalue weighted by molar-refractivity contribution is -0.149. The first kappa shape index (κ1) is 57.5. The predicted molar refractivity (Wildman–Crippen MR) is 266 cm³/mol. The number of nitrogens with two attached hydrogens (primary N) is 1. The Morgan fingerprint density at radius 2 is 1.54 bits per heavy atom. The van der Waals surface area contributed by atoms with Gasteiger partial charge >= 0.3 is 0 Å². The second-order valence-electron chi connectivity index (χ2n) is 19.9. The van der Waals surface area contributed by atoms with Crippen molar-refractivity contribution < 1.29 is 38.2 Å². The number of likely N-dealkylation sites (N-methyl/N-ethyl adjacent to an activating group) is 2. The molecule has 3 rings (SSSR count). The number of ketones is 3. The number of hydrogen-bond acceptors (Lipinski definition) is 11. The molecule has 2 aromatic rings. The standard InChI is InChI=1S/C53H85N5O8S/c1-13-36(6)50(57(10)53(64)41(34(2)3)32-45(61)49(35(4)5)56(9)47(62)25-24-43(59)37(7)20-17-18-26-54)46(65-11)33-48(63)58-28-19-23-42(58)51(66-12)38(8)44(60)31-40(52-55-27-29-67-52)30-39-21-15-14-16-22-39/h14-16,21-22,27,29,34-38,40-42,46,49-51H,13,17-20,23-26,28,30-33,54H2,1-12H3/t36-,37?,38-,40+,41-,42-,46+,49-,50-,51+/m0/s1. The largest absolute Gasteiger partial charge is 0.379 e. The first-order chi connectivity index (χ1) is 31.8. The van der Waals surface area contributed by atoms with E-state index in [4.69, 9.17) is 15.2 Å². The van der Waals surface area contributed by atoms with E-state index >= 15 is 0 Å². The Labute approximate surface area is 406 Å². The summed E-state index contributed by atoms with van der Waals surface area (Å²) in [7, 11) is 6.53. The minimum absolute atomic E-state index is 0.0149. The highest BCUT2D eigenvalue weighted by Crippen LogP contribution is 2.34. The summed E-state index contributed by atoms with van der Waals surface area (Å²) in [6.45, 7) is 16.6. The average molecular weight is 952 g/mol. The second kappa shape index (κ2) is 28.6. The fourth-order valence-corrected chi connectivity index (χ4v) is 10.9. The molecule has 0 spiro atoms. The van der Waals surface area contributed by atoms with Crippen LogP contribution in [0.4, 0.5) is 0 Å². The number of rotatable bonds is 31. The van der Waals surface area contributed by atoms with Crippen LogP contribution in [-0.2, 0) is 44.7 Å². The van der Waals surface area contributed by atoms with Crippen LogP contribution >= 0.6 is 11.3 Å². The van der Waals surface area contributed by atoms with Crippen LogP contribution in [0, 0.1) is 35.5 Å². The van der Waals surface area contributed by atoms with Crippen LogP contribution in [0.5, 0.6) is 0 Å². The van der Waals surface area contributed by atoms with E-state index in [2.05, 4.69) is 17.1 Å². The number of amides is 3. The molecular weight excluding hydrogens is 867 g/mol. The first-order valence-electron chi connectivity index (χ1n) is 24.9. The van der Waals surface area contributed by atoms with E-state index in [1.165, 1.54) is 4.90 Å². The van der Waals surface area contributed by atoms with Gasteiger partial charge in [0.1, 0.15) is 11.6 Å². The van der Waals surface area contributed by atoms with Crippen molar-refractivity contribution in [2.45, 2.75) is 169 Å². The molecule has 1 aromatic carbocycles. The van der Waals surface area contributed by atoms with Crippen molar-refractivity contribution in [3.05, 3.63) is 52.5 Å². The first-order valence-corrected chi connectivity index (χ1v) is 25.8. The highest BCUT2D eigenvalue weighted by molar-refractivity contribution is 7.09. The lowest BCUT2D eigenvalue weighted by Crippen LogP contribution is -2.54. The number of thiazole rings is 1. The quantitative estimate of drug-likeness (QED) is 0.0728. The third-order valence-electron chi connectivity index (χ3n) is 14.5. The molecule has 1 aliphatic rings. The number of carbonyl (C=O) groups is 6. The molecule has 0 saturated carbocycles. The van der Waals surface area contributed by atoms with Crippen molar-refractivity contribution >= 4 is 46.4 Å². The molecule has 1 unspecified atom stereocenters. The molecule has 0 radical (unpaired) electrons. The van der Waals surface area contributed by atoms with E-state index < -0.39 is 36.1 Å². The monoisotopic (exact) mass is 952 g/mol. The van der Waals surface area contributed by atoms with E-state index in [9.17, 15) is 28.8 Å². The van der Waals surface area contributed by atoms with Gasteiger partial charge in [0, 0.05) is 95.8 Å². The molecule has 10 atom stereocenters. The third kappa shape index (κ3) is 16.4. The fourth-order valence-electron chi connectivity index (χ4n) is 10.2. The van der Waals surface area contributed by atoms with Gasteiger partial charge < -0.3 is 29.9 Å². The van der Waals surface area contributed by atoms with Crippen molar-refractivity contribution in [2.75, 3.05) is 41.4 Å². The van der Waals surface area contributed by atoms with Gasteiger partial charge in [-0.2, -0.15) is 0 Å². The summed E-state index contributed by atoms with van der Waals surface area (Å²) in [5, 5.41) is 2.86. The third-order valence-corrected chi connectivity index (χ3v) is 15.4. The fraction of sp³-hybridized carbons (Fsp3) is 0.717. The highest BCUT2D eigenvalue weighted by atomic mass is 32.1. The smallest absolute Gasteiger partial charge is 0.226 e. The Balaban J connectivity index is 1.76. The minimum atomic E-state index is -0.769. The number of hydrogen-bond donors (Lipinski definition) is 1. The average Bonchev–Trinajstić information content (AvgIpc) is 4.03. The molecule has 2 N–H and O–H groups in total. The van der Waals surface area contributed by atoms with Gasteiger partial charge in [-0.15, -0.1) is 11.3 Å².